The van der Waals surface area contributed by atoms with Crippen molar-refractivity contribution in [3.05, 3.63) is 35.9 Å². The lowest BCUT2D eigenvalue weighted by molar-refractivity contribution is 0.151. The molecule has 1 rings (SSSR count). The summed E-state index contributed by atoms with van der Waals surface area (Å²) in [5.74, 6) is 0. The van der Waals surface area contributed by atoms with Gasteiger partial charge in [-0.05, 0) is 24.8 Å². The van der Waals surface area contributed by atoms with Crippen molar-refractivity contribution < 1.29 is 5.11 Å². The summed E-state index contributed by atoms with van der Waals surface area (Å²) in [6.45, 7) is 2.24. The van der Waals surface area contributed by atoms with Crippen LogP contribution in [0.1, 0.15) is 63.9 Å². The van der Waals surface area contributed by atoms with Gasteiger partial charge < -0.3 is 5.11 Å². The molecule has 0 fully saturated rings. The Kier molecular flexibility index (Phi) is 8.58. The van der Waals surface area contributed by atoms with Crippen LogP contribution in [-0.2, 0) is 6.42 Å². The predicted octanol–water partition coefficient (Wildman–Crippen LogP) is 4.73. The van der Waals surface area contributed by atoms with Crippen molar-refractivity contribution in [1.29, 1.82) is 0 Å². The number of unbranched alkanes of at least 4 members (excludes halogenated alkanes) is 5. The molecule has 1 atom stereocenters. The number of hydrogen-bond acceptors (Lipinski definition) is 1. The monoisotopic (exact) mass is 248 g/mol. The third-order valence-corrected chi connectivity index (χ3v) is 3.50. The Bertz CT molecular complexity index is 281. The van der Waals surface area contributed by atoms with Gasteiger partial charge in [-0.3, -0.25) is 0 Å². The van der Waals surface area contributed by atoms with Crippen molar-refractivity contribution in [2.24, 2.45) is 0 Å². The van der Waals surface area contributed by atoms with Gasteiger partial charge in [0.1, 0.15) is 0 Å². The van der Waals surface area contributed by atoms with Gasteiger partial charge in [0.25, 0.3) is 0 Å². The van der Waals surface area contributed by atoms with Crippen LogP contribution in [0, 0.1) is 0 Å². The molecule has 0 radical (unpaired) electrons. The van der Waals surface area contributed by atoms with Crippen molar-refractivity contribution in [1.82, 2.24) is 0 Å². The average Bonchev–Trinajstić information content (AvgIpc) is 2.41. The minimum Gasteiger partial charge on any atom is -0.393 e. The summed E-state index contributed by atoms with van der Waals surface area (Å²) >= 11 is 0. The molecule has 102 valence electrons. The fraction of sp³-hybridized carbons (Fsp3) is 0.647. The van der Waals surface area contributed by atoms with Crippen molar-refractivity contribution in [2.45, 2.75) is 70.8 Å². The second-order valence-electron chi connectivity index (χ2n) is 5.23. The van der Waals surface area contributed by atoms with E-state index in [9.17, 15) is 5.11 Å². The number of hydrogen-bond donors (Lipinski definition) is 1. The maximum absolute atomic E-state index is 9.91. The highest BCUT2D eigenvalue weighted by Gasteiger charge is 2.04. The van der Waals surface area contributed by atoms with Crippen molar-refractivity contribution in [3.63, 3.8) is 0 Å². The molecule has 0 spiro atoms. The molecule has 18 heavy (non-hydrogen) atoms. The van der Waals surface area contributed by atoms with Crippen LogP contribution in [0.25, 0.3) is 0 Å². The molecule has 0 saturated heterocycles. The van der Waals surface area contributed by atoms with Crippen LogP contribution in [0.5, 0.6) is 0 Å². The van der Waals surface area contributed by atoms with E-state index < -0.39 is 0 Å². The molecule has 1 nitrogen and oxygen atoms in total. The Balaban J connectivity index is 1.99. The molecule has 0 bridgehead atoms. The maximum Gasteiger partial charge on any atom is 0.0543 e. The van der Waals surface area contributed by atoms with Crippen LogP contribution < -0.4 is 0 Å². The molecule has 0 aliphatic heterocycles. The number of aliphatic hydroxyl groups is 1. The Morgan fingerprint density at radius 1 is 0.889 bits per heavy atom. The standard InChI is InChI=1S/C17H28O/c1-2-3-4-5-6-10-13-17(18)15-14-16-11-8-7-9-12-16/h7-9,11-12,17-18H,2-6,10,13-15H2,1H3/t17-/m1/s1. The van der Waals surface area contributed by atoms with Gasteiger partial charge in [0, 0.05) is 0 Å². The molecule has 1 aromatic rings. The molecule has 1 aromatic carbocycles. The lowest BCUT2D eigenvalue weighted by Crippen LogP contribution is -2.07. The number of aliphatic hydroxyl groups excluding tert-OH is 1. The minimum atomic E-state index is -0.114. The Hall–Kier alpha value is -0.820. The highest BCUT2D eigenvalue weighted by atomic mass is 16.3. The van der Waals surface area contributed by atoms with E-state index in [0.717, 1.165) is 19.3 Å². The molecule has 0 unspecified atom stereocenters. The lowest BCUT2D eigenvalue weighted by Gasteiger charge is -2.10. The zero-order valence-corrected chi connectivity index (χ0v) is 11.8. The normalized spacial score (nSPS) is 12.6. The Labute approximate surface area is 112 Å². The number of benzene rings is 1. The van der Waals surface area contributed by atoms with Gasteiger partial charge in [0.15, 0.2) is 0 Å². The second kappa shape index (κ2) is 10.1. The zero-order chi connectivity index (χ0) is 13.1. The Morgan fingerprint density at radius 3 is 2.28 bits per heavy atom. The topological polar surface area (TPSA) is 20.2 Å². The highest BCUT2D eigenvalue weighted by Crippen LogP contribution is 2.12. The van der Waals surface area contributed by atoms with E-state index >= 15 is 0 Å². The number of rotatable bonds is 10. The molecular weight excluding hydrogens is 220 g/mol. The summed E-state index contributed by atoms with van der Waals surface area (Å²) in [5.41, 5.74) is 1.33. The molecule has 0 aromatic heterocycles. The number of aryl methyl sites for hydroxylation is 1. The van der Waals surface area contributed by atoms with E-state index in [1.54, 1.807) is 0 Å². The first kappa shape index (κ1) is 15.2. The summed E-state index contributed by atoms with van der Waals surface area (Å²) in [5, 5.41) is 9.91. The van der Waals surface area contributed by atoms with Crippen molar-refractivity contribution in [3.8, 4) is 0 Å². The van der Waals surface area contributed by atoms with Crippen LogP contribution in [-0.4, -0.2) is 11.2 Å². The molecular formula is C17H28O. The fourth-order valence-corrected chi connectivity index (χ4v) is 2.28. The summed E-state index contributed by atoms with van der Waals surface area (Å²) in [7, 11) is 0. The van der Waals surface area contributed by atoms with Gasteiger partial charge in [-0.1, -0.05) is 75.8 Å². The van der Waals surface area contributed by atoms with Crippen molar-refractivity contribution in [2.75, 3.05) is 0 Å². The maximum atomic E-state index is 9.91. The van der Waals surface area contributed by atoms with E-state index in [2.05, 4.69) is 31.2 Å². The quantitative estimate of drug-likeness (QED) is 0.593. The first-order valence-electron chi connectivity index (χ1n) is 7.55. The summed E-state index contributed by atoms with van der Waals surface area (Å²) < 4.78 is 0. The SMILES string of the molecule is CCCCCCCC[C@@H](O)CCc1ccccc1. The first-order valence-corrected chi connectivity index (χ1v) is 7.55. The van der Waals surface area contributed by atoms with E-state index in [-0.39, 0.29) is 6.10 Å². The van der Waals surface area contributed by atoms with Crippen molar-refractivity contribution >= 4 is 0 Å². The van der Waals surface area contributed by atoms with Crippen LogP contribution in [0.2, 0.25) is 0 Å². The predicted molar refractivity (Wildman–Crippen MR) is 78.8 cm³/mol. The van der Waals surface area contributed by atoms with E-state index in [1.165, 1.54) is 44.1 Å². The lowest BCUT2D eigenvalue weighted by atomic mass is 10.0. The van der Waals surface area contributed by atoms with Crippen LogP contribution in [0.3, 0.4) is 0 Å². The van der Waals surface area contributed by atoms with Gasteiger partial charge in [-0.15, -0.1) is 0 Å². The van der Waals surface area contributed by atoms with Gasteiger partial charge in [-0.2, -0.15) is 0 Å². The van der Waals surface area contributed by atoms with Gasteiger partial charge in [0.05, 0.1) is 6.10 Å². The zero-order valence-electron chi connectivity index (χ0n) is 11.8. The smallest absolute Gasteiger partial charge is 0.0543 e. The van der Waals surface area contributed by atoms with Crippen LogP contribution >= 0.6 is 0 Å². The van der Waals surface area contributed by atoms with E-state index in [1.807, 2.05) is 6.07 Å². The first-order chi connectivity index (χ1) is 8.83. The molecule has 0 saturated carbocycles. The molecule has 0 heterocycles. The van der Waals surface area contributed by atoms with E-state index in [0.29, 0.717) is 0 Å². The summed E-state index contributed by atoms with van der Waals surface area (Å²) in [6.07, 6.45) is 10.6. The average molecular weight is 248 g/mol. The van der Waals surface area contributed by atoms with Gasteiger partial charge >= 0.3 is 0 Å². The summed E-state index contributed by atoms with van der Waals surface area (Å²) in [6, 6.07) is 10.4. The van der Waals surface area contributed by atoms with Gasteiger partial charge in [-0.25, -0.2) is 0 Å². The molecule has 0 aliphatic rings. The molecule has 0 aliphatic carbocycles. The third-order valence-electron chi connectivity index (χ3n) is 3.50. The fourth-order valence-electron chi connectivity index (χ4n) is 2.28. The highest BCUT2D eigenvalue weighted by molar-refractivity contribution is 5.14. The van der Waals surface area contributed by atoms with Crippen LogP contribution in [0.4, 0.5) is 0 Å². The second-order valence-corrected chi connectivity index (χ2v) is 5.23. The van der Waals surface area contributed by atoms with Crippen LogP contribution in [0.15, 0.2) is 30.3 Å². The molecule has 1 heteroatoms. The van der Waals surface area contributed by atoms with Gasteiger partial charge in [0.2, 0.25) is 0 Å². The minimum absolute atomic E-state index is 0.114. The third kappa shape index (κ3) is 7.50. The molecule has 0 amide bonds. The van der Waals surface area contributed by atoms with E-state index in [4.69, 9.17) is 0 Å². The molecule has 1 N–H and O–H groups in total. The summed E-state index contributed by atoms with van der Waals surface area (Å²) in [4.78, 5) is 0. The Morgan fingerprint density at radius 2 is 1.56 bits per heavy atom. The largest absolute Gasteiger partial charge is 0.393 e.